The fourth-order valence-electron chi connectivity index (χ4n) is 4.05. The van der Waals surface area contributed by atoms with Crippen molar-refractivity contribution < 1.29 is 9.59 Å². The van der Waals surface area contributed by atoms with Crippen LogP contribution < -0.4 is 15.5 Å². The van der Waals surface area contributed by atoms with Crippen molar-refractivity contribution in [3.63, 3.8) is 0 Å². The predicted molar refractivity (Wildman–Crippen MR) is 116 cm³/mol. The number of piperidine rings is 2. The maximum atomic E-state index is 12.3. The van der Waals surface area contributed by atoms with Crippen molar-refractivity contribution in [1.29, 1.82) is 0 Å². The molecule has 2 atom stereocenters. The predicted octanol–water partition coefficient (Wildman–Crippen LogP) is 1.71. The van der Waals surface area contributed by atoms with Gasteiger partial charge in [-0.2, -0.15) is 0 Å². The van der Waals surface area contributed by atoms with Crippen LogP contribution in [0.3, 0.4) is 0 Å². The van der Waals surface area contributed by atoms with Gasteiger partial charge in [0.2, 0.25) is 5.91 Å². The van der Waals surface area contributed by atoms with Gasteiger partial charge in [-0.1, -0.05) is 0 Å². The van der Waals surface area contributed by atoms with Crippen molar-refractivity contribution in [2.45, 2.75) is 32.2 Å². The third kappa shape index (κ3) is 5.49. The molecule has 1 aromatic heterocycles. The molecule has 3 heterocycles. The summed E-state index contributed by atoms with van der Waals surface area (Å²) in [5, 5.41) is 5.93. The van der Waals surface area contributed by atoms with E-state index in [-0.39, 0.29) is 30.7 Å². The standard InChI is InChI=1S/C19H29N5O2.2ClH/c1-3-21-19(26)14-4-6-17(22-12-14)23-10-8-16-15(13-23)5-7-18(25)24(16)11-9-20-2;;/h4,6,12,15-16,20H,3,5,7-11,13H2,1-2H3,(H,21,26);2*1H/t15-,16+;;/m0../s1. The lowest BCUT2D eigenvalue weighted by molar-refractivity contribution is -0.139. The SMILES string of the molecule is CCNC(=O)c1ccc(N2CC[C@@H]3[C@@H](CCC(=O)N3CCNC)C2)nc1.Cl.Cl. The summed E-state index contributed by atoms with van der Waals surface area (Å²) in [6, 6.07) is 4.11. The van der Waals surface area contributed by atoms with Gasteiger partial charge in [0, 0.05) is 51.4 Å². The Morgan fingerprint density at radius 1 is 1.29 bits per heavy atom. The molecule has 2 saturated heterocycles. The highest BCUT2D eigenvalue weighted by Crippen LogP contribution is 2.32. The summed E-state index contributed by atoms with van der Waals surface area (Å²) in [7, 11) is 1.92. The van der Waals surface area contributed by atoms with E-state index >= 15 is 0 Å². The van der Waals surface area contributed by atoms with Gasteiger partial charge in [-0.3, -0.25) is 9.59 Å². The number of fused-ring (bicyclic) bond motifs is 1. The lowest BCUT2D eigenvalue weighted by atomic mass is 9.83. The summed E-state index contributed by atoms with van der Waals surface area (Å²) in [6.45, 7) is 5.94. The molecule has 2 fully saturated rings. The van der Waals surface area contributed by atoms with Crippen LogP contribution in [0.15, 0.2) is 18.3 Å². The second-order valence-corrected chi connectivity index (χ2v) is 7.06. The van der Waals surface area contributed by atoms with Crippen LogP contribution in [0, 0.1) is 5.92 Å². The van der Waals surface area contributed by atoms with Crippen LogP contribution >= 0.6 is 24.8 Å². The summed E-state index contributed by atoms with van der Waals surface area (Å²) in [5.74, 6) is 1.61. The molecule has 2 N–H and O–H groups in total. The number of hydrogen-bond acceptors (Lipinski definition) is 5. The first-order valence-electron chi connectivity index (χ1n) is 9.57. The van der Waals surface area contributed by atoms with Crippen molar-refractivity contribution in [2.75, 3.05) is 44.7 Å². The first-order valence-corrected chi connectivity index (χ1v) is 9.57. The maximum Gasteiger partial charge on any atom is 0.252 e. The molecule has 7 nitrogen and oxygen atoms in total. The number of amides is 2. The van der Waals surface area contributed by atoms with Crippen molar-refractivity contribution in [1.82, 2.24) is 20.5 Å². The molecule has 0 aliphatic carbocycles. The highest BCUT2D eigenvalue weighted by atomic mass is 35.5. The van der Waals surface area contributed by atoms with E-state index in [9.17, 15) is 9.59 Å². The highest BCUT2D eigenvalue weighted by Gasteiger charge is 2.39. The fraction of sp³-hybridized carbons (Fsp3) is 0.632. The van der Waals surface area contributed by atoms with E-state index < -0.39 is 0 Å². The minimum absolute atomic E-state index is 0. The zero-order chi connectivity index (χ0) is 18.5. The average Bonchev–Trinajstić information content (AvgIpc) is 2.67. The fourth-order valence-corrected chi connectivity index (χ4v) is 4.05. The van der Waals surface area contributed by atoms with E-state index in [1.54, 1.807) is 6.20 Å². The molecular weight excluding hydrogens is 401 g/mol. The highest BCUT2D eigenvalue weighted by molar-refractivity contribution is 5.94. The Labute approximate surface area is 179 Å². The van der Waals surface area contributed by atoms with E-state index in [4.69, 9.17) is 0 Å². The van der Waals surface area contributed by atoms with E-state index in [1.165, 1.54) is 0 Å². The molecule has 3 rings (SSSR count). The van der Waals surface area contributed by atoms with E-state index in [2.05, 4.69) is 25.4 Å². The Morgan fingerprint density at radius 2 is 2.07 bits per heavy atom. The molecule has 0 spiro atoms. The van der Waals surface area contributed by atoms with Crippen molar-refractivity contribution in [3.05, 3.63) is 23.9 Å². The number of nitrogens with zero attached hydrogens (tertiary/aromatic N) is 3. The van der Waals surface area contributed by atoms with Crippen LogP contribution in [0.4, 0.5) is 5.82 Å². The maximum absolute atomic E-state index is 12.3. The molecule has 0 aromatic carbocycles. The van der Waals surface area contributed by atoms with Gasteiger partial charge in [-0.15, -0.1) is 24.8 Å². The Hall–Kier alpha value is -1.57. The zero-order valence-electron chi connectivity index (χ0n) is 16.5. The molecule has 158 valence electrons. The van der Waals surface area contributed by atoms with Gasteiger partial charge >= 0.3 is 0 Å². The topological polar surface area (TPSA) is 77.6 Å². The number of halogens is 2. The van der Waals surface area contributed by atoms with Gasteiger partial charge in [0.25, 0.3) is 5.91 Å². The Kier molecular flexibility index (Phi) is 9.99. The Bertz CT molecular complexity index is 644. The number of hydrogen-bond donors (Lipinski definition) is 2. The van der Waals surface area contributed by atoms with Gasteiger partial charge in [-0.05, 0) is 44.9 Å². The number of likely N-dealkylation sites (tertiary alicyclic amines) is 1. The van der Waals surface area contributed by atoms with Crippen LogP contribution in [0.2, 0.25) is 0 Å². The molecule has 0 bridgehead atoms. The Morgan fingerprint density at radius 3 is 2.71 bits per heavy atom. The molecule has 0 radical (unpaired) electrons. The molecule has 0 unspecified atom stereocenters. The summed E-state index contributed by atoms with van der Waals surface area (Å²) in [6.07, 6.45) is 4.21. The number of anilines is 1. The van der Waals surface area contributed by atoms with Gasteiger partial charge in [0.1, 0.15) is 5.82 Å². The molecule has 1 aromatic rings. The van der Waals surface area contributed by atoms with Gasteiger partial charge < -0.3 is 20.4 Å². The second-order valence-electron chi connectivity index (χ2n) is 7.06. The van der Waals surface area contributed by atoms with Crippen molar-refractivity contribution in [3.8, 4) is 0 Å². The minimum atomic E-state index is -0.0868. The Balaban J connectivity index is 0.00000196. The molecule has 9 heteroatoms. The lowest BCUT2D eigenvalue weighted by Crippen LogP contribution is -2.57. The van der Waals surface area contributed by atoms with Crippen molar-refractivity contribution in [2.24, 2.45) is 5.92 Å². The van der Waals surface area contributed by atoms with Crippen LogP contribution in [0.25, 0.3) is 0 Å². The number of carbonyl (C=O) groups is 2. The largest absolute Gasteiger partial charge is 0.356 e. The first-order chi connectivity index (χ1) is 12.6. The number of rotatable bonds is 6. The molecule has 2 amide bonds. The van der Waals surface area contributed by atoms with Crippen LogP contribution in [0.1, 0.15) is 36.5 Å². The molecule has 28 heavy (non-hydrogen) atoms. The molecule has 2 aliphatic rings. The number of carbonyl (C=O) groups excluding carboxylic acids is 2. The third-order valence-electron chi connectivity index (χ3n) is 5.42. The minimum Gasteiger partial charge on any atom is -0.356 e. The normalized spacial score (nSPS) is 21.3. The van der Waals surface area contributed by atoms with E-state index in [0.29, 0.717) is 36.4 Å². The molecule has 2 aliphatic heterocycles. The summed E-state index contributed by atoms with van der Waals surface area (Å²) in [5.41, 5.74) is 0.590. The van der Waals surface area contributed by atoms with E-state index in [1.807, 2.05) is 26.1 Å². The monoisotopic (exact) mass is 431 g/mol. The van der Waals surface area contributed by atoms with Gasteiger partial charge in [-0.25, -0.2) is 4.98 Å². The summed E-state index contributed by atoms with van der Waals surface area (Å²) < 4.78 is 0. The van der Waals surface area contributed by atoms with Crippen molar-refractivity contribution >= 4 is 42.4 Å². The van der Waals surface area contributed by atoms with Gasteiger partial charge in [0.05, 0.1) is 5.56 Å². The molecule has 0 saturated carbocycles. The summed E-state index contributed by atoms with van der Waals surface area (Å²) >= 11 is 0. The number of nitrogens with one attached hydrogen (secondary N) is 2. The smallest absolute Gasteiger partial charge is 0.252 e. The van der Waals surface area contributed by atoms with Gasteiger partial charge in [0.15, 0.2) is 0 Å². The lowest BCUT2D eigenvalue weighted by Gasteiger charge is -2.47. The number of pyridine rings is 1. The van der Waals surface area contributed by atoms with Crippen LogP contribution in [-0.4, -0.2) is 67.5 Å². The van der Waals surface area contributed by atoms with Crippen LogP contribution in [-0.2, 0) is 4.79 Å². The average molecular weight is 432 g/mol. The van der Waals surface area contributed by atoms with E-state index in [0.717, 1.165) is 44.8 Å². The first kappa shape index (κ1) is 24.5. The van der Waals surface area contributed by atoms with Crippen LogP contribution in [0.5, 0.6) is 0 Å². The molecular formula is C19H31Cl2N5O2. The third-order valence-corrected chi connectivity index (χ3v) is 5.42. The number of likely N-dealkylation sites (N-methyl/N-ethyl adjacent to an activating group) is 1. The second kappa shape index (κ2) is 11.4. The summed E-state index contributed by atoms with van der Waals surface area (Å²) in [4.78, 5) is 33.0. The number of aromatic nitrogens is 1. The zero-order valence-corrected chi connectivity index (χ0v) is 18.2. The quantitative estimate of drug-likeness (QED) is 0.716.